The highest BCUT2D eigenvalue weighted by molar-refractivity contribution is 6.30. The number of nitrogens with one attached hydrogen (secondary N) is 1. The summed E-state index contributed by atoms with van der Waals surface area (Å²) >= 11 is 6.51. The SMILES string of the molecule is CC(=O)[C@H]1CCN[C@]1(C(=O)O)[N@+]1(CC(C)(C)C)C(=O)COC(c2cccc3c2OCO3)c2cc(Cl)ccc21. The van der Waals surface area contributed by atoms with Crippen molar-refractivity contribution in [1.82, 2.24) is 9.80 Å². The monoisotopic (exact) mass is 543 g/mol. The molecule has 2 aromatic rings. The molecule has 202 valence electrons. The molecule has 3 aliphatic rings. The Labute approximate surface area is 226 Å². The van der Waals surface area contributed by atoms with Crippen LogP contribution in [-0.2, 0) is 19.1 Å². The number of para-hydroxylation sites is 1. The van der Waals surface area contributed by atoms with Gasteiger partial charge in [-0.3, -0.25) is 10.1 Å². The summed E-state index contributed by atoms with van der Waals surface area (Å²) < 4.78 is 17.0. The van der Waals surface area contributed by atoms with Gasteiger partial charge in [-0.25, -0.2) is 9.59 Å². The number of nitrogens with zero attached hydrogens (tertiary/aromatic N) is 1. The first-order valence-corrected chi connectivity index (χ1v) is 13.0. The van der Waals surface area contributed by atoms with Crippen LogP contribution in [0.3, 0.4) is 0 Å². The molecule has 1 fully saturated rings. The van der Waals surface area contributed by atoms with Gasteiger partial charge >= 0.3 is 11.9 Å². The van der Waals surface area contributed by atoms with E-state index in [9.17, 15) is 19.5 Å². The zero-order valence-electron chi connectivity index (χ0n) is 21.9. The molecule has 3 heterocycles. The number of Topliss-reactive ketones (excluding diaryl/α,β-unsaturated/α-hetero) is 1. The summed E-state index contributed by atoms with van der Waals surface area (Å²) in [6, 6.07) is 10.5. The van der Waals surface area contributed by atoms with Crippen molar-refractivity contribution in [2.24, 2.45) is 11.3 Å². The lowest BCUT2D eigenvalue weighted by atomic mass is 9.81. The number of halogens is 1. The standard InChI is InChI=1S/C28H31ClN2O7/c1-16(32)20-10-11-30-28(20,26(34)35)31(14-27(2,3)4)21-9-8-17(29)12-19(21)24(36-13-23(31)33)18-6-5-7-22-25(18)38-15-37-22/h5-9,12,20,24,30H,10-11,13-15H2,1-4H3/p+1/t20-,24?,28+,31+/m1/s1. The highest BCUT2D eigenvalue weighted by atomic mass is 35.5. The summed E-state index contributed by atoms with van der Waals surface area (Å²) in [5.74, 6) is -1.90. The molecule has 3 aliphatic heterocycles. The second-order valence-electron chi connectivity index (χ2n) is 11.3. The smallest absolute Gasteiger partial charge is 0.384 e. The molecule has 0 spiro atoms. The zero-order valence-corrected chi connectivity index (χ0v) is 22.6. The fourth-order valence-electron chi connectivity index (χ4n) is 6.41. The number of benzene rings is 2. The van der Waals surface area contributed by atoms with E-state index in [-0.39, 0.29) is 32.3 Å². The maximum atomic E-state index is 14.5. The number of rotatable bonds is 5. The number of aliphatic carboxylic acids is 1. The average Bonchev–Trinajstić information content (AvgIpc) is 3.48. The van der Waals surface area contributed by atoms with Crippen LogP contribution in [0.15, 0.2) is 36.4 Å². The molecule has 1 saturated heterocycles. The maximum absolute atomic E-state index is 14.5. The summed E-state index contributed by atoms with van der Waals surface area (Å²) in [5.41, 5.74) is -0.857. The van der Waals surface area contributed by atoms with Gasteiger partial charge < -0.3 is 19.3 Å². The van der Waals surface area contributed by atoms with Gasteiger partial charge in [-0.1, -0.05) is 44.5 Å². The summed E-state index contributed by atoms with van der Waals surface area (Å²) in [6.45, 7) is 7.27. The minimum absolute atomic E-state index is 0.0523. The Balaban J connectivity index is 1.86. The number of amides is 1. The number of quaternary nitrogens is 1. The second kappa shape index (κ2) is 9.34. The molecule has 38 heavy (non-hydrogen) atoms. The Kier molecular flexibility index (Phi) is 6.54. The second-order valence-corrected chi connectivity index (χ2v) is 11.8. The van der Waals surface area contributed by atoms with Crippen molar-refractivity contribution in [2.75, 3.05) is 26.5 Å². The van der Waals surface area contributed by atoms with Crippen molar-refractivity contribution in [3.63, 3.8) is 0 Å². The topological polar surface area (TPSA) is 111 Å². The van der Waals surface area contributed by atoms with E-state index >= 15 is 0 Å². The molecule has 1 amide bonds. The number of fused-ring (bicyclic) bond motifs is 2. The van der Waals surface area contributed by atoms with Crippen LogP contribution in [0, 0.1) is 11.3 Å². The van der Waals surface area contributed by atoms with Gasteiger partial charge in [0.25, 0.3) is 5.66 Å². The van der Waals surface area contributed by atoms with Gasteiger partial charge in [0.2, 0.25) is 6.79 Å². The van der Waals surface area contributed by atoms with Gasteiger partial charge in [0.1, 0.15) is 23.5 Å². The highest BCUT2D eigenvalue weighted by Crippen LogP contribution is 2.52. The Morgan fingerprint density at radius 1 is 1.18 bits per heavy atom. The number of carbonyl (C=O) groups excluding carboxylic acids is 2. The van der Waals surface area contributed by atoms with E-state index in [1.165, 1.54) is 6.92 Å². The summed E-state index contributed by atoms with van der Waals surface area (Å²) in [5, 5.41) is 14.5. The lowest BCUT2D eigenvalue weighted by molar-refractivity contribution is -0.168. The van der Waals surface area contributed by atoms with Gasteiger partial charge in [0.05, 0.1) is 6.54 Å². The number of hydrogen-bond acceptors (Lipinski definition) is 7. The Morgan fingerprint density at radius 2 is 1.95 bits per heavy atom. The van der Waals surface area contributed by atoms with Crippen molar-refractivity contribution in [2.45, 2.75) is 45.9 Å². The van der Waals surface area contributed by atoms with Crippen LogP contribution in [0.25, 0.3) is 0 Å². The fraction of sp³-hybridized carbons (Fsp3) is 0.464. The van der Waals surface area contributed by atoms with Gasteiger partial charge in [0, 0.05) is 34.2 Å². The fourth-order valence-corrected chi connectivity index (χ4v) is 6.59. The lowest BCUT2D eigenvalue weighted by Gasteiger charge is -2.50. The Bertz CT molecular complexity index is 1320. The molecule has 4 atom stereocenters. The third kappa shape index (κ3) is 3.91. The van der Waals surface area contributed by atoms with Gasteiger partial charge in [-0.2, -0.15) is 4.48 Å². The molecule has 5 rings (SSSR count). The molecule has 0 bridgehead atoms. The summed E-state index contributed by atoms with van der Waals surface area (Å²) in [6.07, 6.45) is -0.504. The Hall–Kier alpha value is -2.98. The van der Waals surface area contributed by atoms with Crippen LogP contribution in [0.4, 0.5) is 5.69 Å². The van der Waals surface area contributed by atoms with Crippen molar-refractivity contribution in [3.05, 3.63) is 52.5 Å². The summed E-state index contributed by atoms with van der Waals surface area (Å²) in [7, 11) is 0. The van der Waals surface area contributed by atoms with Crippen LogP contribution >= 0.6 is 11.6 Å². The van der Waals surface area contributed by atoms with E-state index in [0.29, 0.717) is 39.8 Å². The first-order valence-electron chi connectivity index (χ1n) is 12.6. The van der Waals surface area contributed by atoms with Crippen molar-refractivity contribution >= 4 is 34.9 Å². The normalized spacial score (nSPS) is 28.6. The first kappa shape index (κ1) is 26.6. The number of ether oxygens (including phenoxy) is 3. The largest absolute Gasteiger partial charge is 0.475 e. The molecule has 0 aromatic heterocycles. The quantitative estimate of drug-likeness (QED) is 0.543. The average molecular weight is 544 g/mol. The van der Waals surface area contributed by atoms with Crippen LogP contribution in [-0.4, -0.2) is 54.9 Å². The van der Waals surface area contributed by atoms with E-state index in [1.807, 2.05) is 32.9 Å². The molecular formula is C28H32ClN2O7+. The molecule has 1 unspecified atom stereocenters. The third-order valence-electron chi connectivity index (χ3n) is 7.65. The van der Waals surface area contributed by atoms with Crippen molar-refractivity contribution < 1.29 is 33.7 Å². The van der Waals surface area contributed by atoms with E-state index in [4.69, 9.17) is 25.8 Å². The number of carbonyl (C=O) groups is 3. The van der Waals surface area contributed by atoms with Crippen LogP contribution in [0.5, 0.6) is 11.5 Å². The minimum Gasteiger partial charge on any atom is -0.475 e. The molecule has 0 saturated carbocycles. The minimum atomic E-state index is -1.94. The maximum Gasteiger partial charge on any atom is 0.384 e. The molecule has 2 aromatic carbocycles. The molecule has 10 heteroatoms. The van der Waals surface area contributed by atoms with E-state index in [1.54, 1.807) is 24.3 Å². The third-order valence-corrected chi connectivity index (χ3v) is 7.89. The van der Waals surface area contributed by atoms with Gasteiger partial charge in [0.15, 0.2) is 18.1 Å². The van der Waals surface area contributed by atoms with E-state index < -0.39 is 39.5 Å². The number of carboxylic acids is 1. The number of carboxylic acid groups (broad SMARTS) is 1. The highest BCUT2D eigenvalue weighted by Gasteiger charge is 2.71. The van der Waals surface area contributed by atoms with E-state index in [2.05, 4.69) is 5.32 Å². The predicted molar refractivity (Wildman–Crippen MR) is 140 cm³/mol. The van der Waals surface area contributed by atoms with Crippen LogP contribution in [0.2, 0.25) is 5.02 Å². The van der Waals surface area contributed by atoms with Crippen molar-refractivity contribution in [1.29, 1.82) is 0 Å². The first-order chi connectivity index (χ1) is 17.9. The van der Waals surface area contributed by atoms with Crippen molar-refractivity contribution in [3.8, 4) is 11.5 Å². The lowest BCUT2D eigenvalue weighted by Crippen LogP contribution is -2.81. The molecule has 0 aliphatic carbocycles. The molecular weight excluding hydrogens is 512 g/mol. The number of hydrogen-bond donors (Lipinski definition) is 2. The molecule has 9 nitrogen and oxygen atoms in total. The number of ketones is 1. The van der Waals surface area contributed by atoms with Crippen LogP contribution in [0.1, 0.15) is 51.3 Å². The van der Waals surface area contributed by atoms with E-state index in [0.717, 1.165) is 0 Å². The molecule has 2 N–H and O–H groups in total. The van der Waals surface area contributed by atoms with Crippen LogP contribution < -0.4 is 19.3 Å². The molecule has 0 radical (unpaired) electrons. The predicted octanol–water partition coefficient (Wildman–Crippen LogP) is 4.05. The zero-order chi connectivity index (χ0) is 27.5. The summed E-state index contributed by atoms with van der Waals surface area (Å²) in [4.78, 5) is 40.8. The van der Waals surface area contributed by atoms with Gasteiger partial charge in [-0.15, -0.1) is 0 Å². The Morgan fingerprint density at radius 3 is 2.63 bits per heavy atom. The van der Waals surface area contributed by atoms with Gasteiger partial charge in [-0.05, 0) is 31.5 Å².